The highest BCUT2D eigenvalue weighted by molar-refractivity contribution is 6.74. The minimum atomic E-state index is -2.39. The van der Waals surface area contributed by atoms with Gasteiger partial charge in [-0.3, -0.25) is 0 Å². The van der Waals surface area contributed by atoms with Crippen LogP contribution in [0.2, 0.25) is 18.1 Å². The average Bonchev–Trinajstić information content (AvgIpc) is 2.64. The van der Waals surface area contributed by atoms with Crippen molar-refractivity contribution in [2.75, 3.05) is 6.61 Å². The third-order valence-corrected chi connectivity index (χ3v) is 11.7. The molecule has 4 N–H and O–H groups in total. The lowest BCUT2D eigenvalue weighted by Crippen LogP contribution is -2.91. The van der Waals surface area contributed by atoms with E-state index in [9.17, 15) is 19.5 Å². The summed E-state index contributed by atoms with van der Waals surface area (Å²) in [5.41, 5.74) is -5.46. The van der Waals surface area contributed by atoms with E-state index in [4.69, 9.17) is 18.6 Å². The fourth-order valence-electron chi connectivity index (χ4n) is 4.36. The number of hydrogen-bond donors (Lipinski definition) is 4. The first-order chi connectivity index (χ1) is 17.6. The molecule has 1 rings (SSSR count). The molecule has 0 heterocycles. The van der Waals surface area contributed by atoms with E-state index in [1.165, 1.54) is 6.92 Å². The number of aliphatic hydroxyl groups is 1. The Labute approximate surface area is 241 Å². The van der Waals surface area contributed by atoms with Crippen LogP contribution in [0.3, 0.4) is 0 Å². The van der Waals surface area contributed by atoms with E-state index in [-0.39, 0.29) is 18.1 Å². The van der Waals surface area contributed by atoms with Gasteiger partial charge in [0.05, 0.1) is 24.3 Å². The maximum atomic E-state index is 13.2. The van der Waals surface area contributed by atoms with Gasteiger partial charge in [0.25, 0.3) is 0 Å². The fourth-order valence-corrected chi connectivity index (χ4v) is 5.40. The number of alkyl carbamates (subject to hydrolysis) is 3. The molecule has 4 atom stereocenters. The smallest absolute Gasteiger partial charge is 0.408 e. The zero-order chi connectivity index (χ0) is 31.8. The number of amides is 3. The van der Waals surface area contributed by atoms with E-state index in [2.05, 4.69) is 49.8 Å². The first-order valence-electron chi connectivity index (χ1n) is 13.9. The molecule has 1 aliphatic rings. The minimum Gasteiger partial charge on any atom is -0.444 e. The van der Waals surface area contributed by atoms with E-state index in [0.29, 0.717) is 0 Å². The lowest BCUT2D eigenvalue weighted by Gasteiger charge is -2.65. The molecule has 0 saturated heterocycles. The van der Waals surface area contributed by atoms with Crippen LogP contribution in [0.4, 0.5) is 14.4 Å². The summed E-state index contributed by atoms with van der Waals surface area (Å²) in [6.07, 6.45) is -3.48. The summed E-state index contributed by atoms with van der Waals surface area (Å²) in [7, 11) is -2.39. The Morgan fingerprint density at radius 3 is 1.57 bits per heavy atom. The SMILES string of the molecule is CC(O)C1(NC(=O)OC(C)(C)C)C(NC(=O)OC(C)(C)C)CC1(CO[Si](C)(C)C(C)(C)C)NC(=O)OC(C)(C)C. The molecule has 0 aromatic rings. The molecular formula is C28H55N3O8Si. The quantitative estimate of drug-likeness (QED) is 0.234. The Morgan fingerprint density at radius 2 is 1.20 bits per heavy atom. The molecule has 1 saturated carbocycles. The molecule has 3 amide bonds. The van der Waals surface area contributed by atoms with Gasteiger partial charge in [-0.05, 0) is 93.8 Å². The summed E-state index contributed by atoms with van der Waals surface area (Å²) >= 11 is 0. The third kappa shape index (κ3) is 9.24. The number of hydrogen-bond acceptors (Lipinski definition) is 8. The summed E-state index contributed by atoms with van der Waals surface area (Å²) in [6, 6.07) is -0.854. The third-order valence-electron chi connectivity index (χ3n) is 7.18. The van der Waals surface area contributed by atoms with Crippen molar-refractivity contribution in [2.45, 2.75) is 155 Å². The van der Waals surface area contributed by atoms with Gasteiger partial charge >= 0.3 is 18.3 Å². The van der Waals surface area contributed by atoms with Crippen LogP contribution in [0.15, 0.2) is 0 Å². The van der Waals surface area contributed by atoms with E-state index >= 15 is 0 Å². The van der Waals surface area contributed by atoms with E-state index in [1.54, 1.807) is 62.3 Å². The second-order valence-electron chi connectivity index (χ2n) is 15.3. The van der Waals surface area contributed by atoms with Crippen molar-refractivity contribution in [1.82, 2.24) is 16.0 Å². The molecule has 0 aromatic heterocycles. The molecule has 0 spiro atoms. The molecular weight excluding hydrogens is 534 g/mol. The van der Waals surface area contributed by atoms with Crippen LogP contribution in [-0.4, -0.2) is 78.3 Å². The van der Waals surface area contributed by atoms with Crippen LogP contribution in [0.5, 0.6) is 0 Å². The number of ether oxygens (including phenoxy) is 3. The average molecular weight is 590 g/mol. The number of aliphatic hydroxyl groups excluding tert-OH is 1. The van der Waals surface area contributed by atoms with E-state index in [0.717, 1.165) is 0 Å². The summed E-state index contributed by atoms with van der Waals surface area (Å²) in [5, 5.41) is 19.7. The van der Waals surface area contributed by atoms with Crippen molar-refractivity contribution in [1.29, 1.82) is 0 Å². The Balaban J connectivity index is 3.70. The highest BCUT2D eigenvalue weighted by Gasteiger charge is 2.71. The molecule has 12 heteroatoms. The van der Waals surface area contributed by atoms with E-state index in [1.807, 2.05) is 0 Å². The second-order valence-corrected chi connectivity index (χ2v) is 20.1. The molecule has 40 heavy (non-hydrogen) atoms. The predicted molar refractivity (Wildman–Crippen MR) is 157 cm³/mol. The van der Waals surface area contributed by atoms with Crippen LogP contribution in [-0.2, 0) is 18.6 Å². The van der Waals surface area contributed by atoms with E-state index < -0.39 is 66.6 Å². The minimum absolute atomic E-state index is 0.0596. The fraction of sp³-hybridized carbons (Fsp3) is 0.893. The van der Waals surface area contributed by atoms with Crippen molar-refractivity contribution in [3.63, 3.8) is 0 Å². The van der Waals surface area contributed by atoms with Crippen molar-refractivity contribution >= 4 is 26.6 Å². The first-order valence-corrected chi connectivity index (χ1v) is 16.8. The molecule has 0 aromatic carbocycles. The van der Waals surface area contributed by atoms with Gasteiger partial charge in [-0.1, -0.05) is 20.8 Å². The van der Waals surface area contributed by atoms with Gasteiger partial charge in [-0.25, -0.2) is 14.4 Å². The van der Waals surface area contributed by atoms with Gasteiger partial charge in [0.1, 0.15) is 22.3 Å². The standard InChI is InChI=1S/C28H55N3O8Si/c1-18(32)28(31-22(35)39-25(8,9)10)19(29-20(33)37-23(2,3)4)16-27(28,30-21(34)38-24(5,6)7)17-36-40(14,15)26(11,12)13/h18-19,32H,16-17H2,1-15H3,(H,29,33)(H,30,34)(H,31,35). The zero-order valence-electron chi connectivity index (χ0n) is 27.4. The molecule has 11 nitrogen and oxygen atoms in total. The van der Waals surface area contributed by atoms with Crippen LogP contribution in [0.25, 0.3) is 0 Å². The van der Waals surface area contributed by atoms with Crippen molar-refractivity contribution in [3.8, 4) is 0 Å². The summed E-state index contributed by atoms with van der Waals surface area (Å²) in [5.74, 6) is 0. The Bertz CT molecular complexity index is 928. The maximum absolute atomic E-state index is 13.2. The molecule has 1 fully saturated rings. The predicted octanol–water partition coefficient (Wildman–Crippen LogP) is 5.21. The van der Waals surface area contributed by atoms with Crippen LogP contribution >= 0.6 is 0 Å². The van der Waals surface area contributed by atoms with Crippen LogP contribution in [0, 0.1) is 0 Å². The summed E-state index contributed by atoms with van der Waals surface area (Å²) in [4.78, 5) is 39.3. The van der Waals surface area contributed by atoms with Crippen LogP contribution < -0.4 is 16.0 Å². The van der Waals surface area contributed by atoms with Gasteiger partial charge in [0, 0.05) is 0 Å². The second kappa shape index (κ2) is 11.7. The normalized spacial score (nSPS) is 24.8. The van der Waals surface area contributed by atoms with Gasteiger partial charge in [-0.2, -0.15) is 0 Å². The molecule has 0 bridgehead atoms. The van der Waals surface area contributed by atoms with Gasteiger partial charge in [0.2, 0.25) is 0 Å². The first kappa shape index (κ1) is 36.0. The lowest BCUT2D eigenvalue weighted by atomic mass is 9.54. The van der Waals surface area contributed by atoms with Gasteiger partial charge in [0.15, 0.2) is 8.32 Å². The highest BCUT2D eigenvalue weighted by Crippen LogP contribution is 2.48. The maximum Gasteiger partial charge on any atom is 0.408 e. The number of carbonyl (C=O) groups is 3. The summed E-state index contributed by atoms with van der Waals surface area (Å²) in [6.45, 7) is 27.4. The molecule has 234 valence electrons. The van der Waals surface area contributed by atoms with Crippen molar-refractivity contribution < 1.29 is 38.1 Å². The van der Waals surface area contributed by atoms with Gasteiger partial charge < -0.3 is 39.7 Å². The number of carbonyl (C=O) groups excluding carboxylic acids is 3. The lowest BCUT2D eigenvalue weighted by molar-refractivity contribution is -0.114. The number of nitrogens with one attached hydrogen (secondary N) is 3. The molecule has 0 radical (unpaired) electrons. The van der Waals surface area contributed by atoms with Crippen molar-refractivity contribution in [2.24, 2.45) is 0 Å². The Hall–Kier alpha value is -2.05. The van der Waals surface area contributed by atoms with Crippen LogP contribution in [0.1, 0.15) is 96.4 Å². The summed E-state index contributed by atoms with van der Waals surface area (Å²) < 4.78 is 23.2. The van der Waals surface area contributed by atoms with Gasteiger partial charge in [-0.15, -0.1) is 0 Å². The highest BCUT2D eigenvalue weighted by atomic mass is 28.4. The molecule has 1 aliphatic carbocycles. The topological polar surface area (TPSA) is 144 Å². The molecule has 0 aliphatic heterocycles. The van der Waals surface area contributed by atoms with Crippen molar-refractivity contribution in [3.05, 3.63) is 0 Å². The zero-order valence-corrected chi connectivity index (χ0v) is 28.4. The Kier molecular flexibility index (Phi) is 10.5. The Morgan fingerprint density at radius 1 is 0.800 bits per heavy atom. The molecule has 4 unspecified atom stereocenters. The monoisotopic (exact) mass is 589 g/mol. The largest absolute Gasteiger partial charge is 0.444 e. The number of rotatable bonds is 7.